The molecule has 3 heterocycles. The number of pyridine rings is 1. The van der Waals surface area contributed by atoms with E-state index >= 15 is 0 Å². The van der Waals surface area contributed by atoms with Gasteiger partial charge >= 0.3 is 0 Å². The molecule has 1 amide bonds. The summed E-state index contributed by atoms with van der Waals surface area (Å²) in [6.45, 7) is 8.09. The minimum atomic E-state index is -0.402. The lowest BCUT2D eigenvalue weighted by molar-refractivity contribution is -0.0693. The Labute approximate surface area is 135 Å². The van der Waals surface area contributed by atoms with Crippen molar-refractivity contribution in [3.8, 4) is 5.69 Å². The van der Waals surface area contributed by atoms with Crippen LogP contribution in [0, 0.1) is 0 Å². The second kappa shape index (κ2) is 5.45. The maximum atomic E-state index is 12.6. The largest absolute Gasteiger partial charge is 0.367 e. The van der Waals surface area contributed by atoms with E-state index in [9.17, 15) is 4.79 Å². The Hall–Kier alpha value is -2.21. The van der Waals surface area contributed by atoms with Gasteiger partial charge in [0.15, 0.2) is 0 Å². The molecule has 0 aliphatic carbocycles. The van der Waals surface area contributed by atoms with Crippen LogP contribution in [0.3, 0.4) is 0 Å². The molecule has 1 atom stereocenters. The highest BCUT2D eigenvalue weighted by Gasteiger charge is 2.46. The third-order valence-corrected chi connectivity index (χ3v) is 4.16. The van der Waals surface area contributed by atoms with E-state index in [1.165, 1.54) is 0 Å². The molecule has 1 aliphatic rings. The second-order valence-electron chi connectivity index (χ2n) is 7.06. The van der Waals surface area contributed by atoms with Crippen molar-refractivity contribution in [1.82, 2.24) is 19.9 Å². The Bertz CT molecular complexity index is 707. The molecule has 1 aliphatic heterocycles. The predicted molar refractivity (Wildman–Crippen MR) is 86.5 cm³/mol. The number of hydrogen-bond acceptors (Lipinski definition) is 4. The summed E-state index contributed by atoms with van der Waals surface area (Å²) in [4.78, 5) is 20.8. The number of nitrogens with one attached hydrogen (secondary N) is 1. The molecular weight excluding hydrogens is 292 g/mol. The normalized spacial score (nSPS) is 22.0. The first-order valence-electron chi connectivity index (χ1n) is 7.72. The molecule has 1 unspecified atom stereocenters. The van der Waals surface area contributed by atoms with Gasteiger partial charge in [0.2, 0.25) is 0 Å². The molecule has 6 heteroatoms. The van der Waals surface area contributed by atoms with Crippen LogP contribution in [0.15, 0.2) is 37.1 Å². The van der Waals surface area contributed by atoms with E-state index in [0.29, 0.717) is 5.69 Å². The summed E-state index contributed by atoms with van der Waals surface area (Å²) in [7, 11) is 0. The Morgan fingerprint density at radius 2 is 2.13 bits per heavy atom. The van der Waals surface area contributed by atoms with Gasteiger partial charge < -0.3 is 14.6 Å². The van der Waals surface area contributed by atoms with Crippen molar-refractivity contribution in [2.75, 3.05) is 0 Å². The third kappa shape index (κ3) is 3.27. The second-order valence-corrected chi connectivity index (χ2v) is 7.06. The Morgan fingerprint density at radius 1 is 1.35 bits per heavy atom. The average Bonchev–Trinajstić information content (AvgIpc) is 3.05. The zero-order valence-electron chi connectivity index (χ0n) is 13.9. The van der Waals surface area contributed by atoms with Crippen LogP contribution in [-0.4, -0.2) is 37.7 Å². The lowest BCUT2D eigenvalue weighted by atomic mass is 9.94. The molecule has 0 aromatic carbocycles. The van der Waals surface area contributed by atoms with Crippen molar-refractivity contribution in [1.29, 1.82) is 0 Å². The van der Waals surface area contributed by atoms with Crippen LogP contribution in [0.2, 0.25) is 0 Å². The molecule has 0 bridgehead atoms. The third-order valence-electron chi connectivity index (χ3n) is 4.16. The fourth-order valence-electron chi connectivity index (χ4n) is 3.14. The summed E-state index contributed by atoms with van der Waals surface area (Å²) in [6.07, 6.45) is 7.61. The first kappa shape index (κ1) is 15.7. The SMILES string of the molecule is CC1(C)CC(NC(=O)c2cc(-n3ccnc3)ccn2)C(C)(C)O1. The first-order valence-corrected chi connectivity index (χ1v) is 7.72. The molecular formula is C17H22N4O2. The van der Waals surface area contributed by atoms with Crippen molar-refractivity contribution in [3.05, 3.63) is 42.7 Å². The van der Waals surface area contributed by atoms with Crippen LogP contribution >= 0.6 is 0 Å². The van der Waals surface area contributed by atoms with E-state index in [1.807, 2.05) is 44.5 Å². The maximum Gasteiger partial charge on any atom is 0.270 e. The minimum Gasteiger partial charge on any atom is -0.367 e. The topological polar surface area (TPSA) is 69.0 Å². The fourth-order valence-corrected chi connectivity index (χ4v) is 3.14. The van der Waals surface area contributed by atoms with Gasteiger partial charge in [-0.1, -0.05) is 0 Å². The molecule has 3 rings (SSSR count). The molecule has 23 heavy (non-hydrogen) atoms. The summed E-state index contributed by atoms with van der Waals surface area (Å²) in [6, 6.07) is 3.54. The standard InChI is InChI=1S/C17H22N4O2/c1-16(2)10-14(17(3,4)23-16)20-15(22)13-9-12(5-6-19-13)21-8-7-18-11-21/h5-9,11,14H,10H2,1-4H3,(H,20,22). The summed E-state index contributed by atoms with van der Waals surface area (Å²) < 4.78 is 7.86. The van der Waals surface area contributed by atoms with Gasteiger partial charge in [0.05, 0.1) is 29.3 Å². The molecule has 1 saturated heterocycles. The number of rotatable bonds is 3. The Kier molecular flexibility index (Phi) is 3.72. The highest BCUT2D eigenvalue weighted by molar-refractivity contribution is 5.93. The maximum absolute atomic E-state index is 12.6. The van der Waals surface area contributed by atoms with Crippen LogP contribution < -0.4 is 5.32 Å². The number of imidazole rings is 1. The number of carbonyl (C=O) groups is 1. The molecule has 1 fully saturated rings. The summed E-state index contributed by atoms with van der Waals surface area (Å²) in [5.41, 5.74) is 0.593. The average molecular weight is 314 g/mol. The van der Waals surface area contributed by atoms with Gasteiger partial charge in [-0.05, 0) is 46.2 Å². The molecule has 1 N–H and O–H groups in total. The number of aromatic nitrogens is 3. The van der Waals surface area contributed by atoms with Crippen molar-refractivity contribution >= 4 is 5.91 Å². The first-order chi connectivity index (χ1) is 10.8. The van der Waals surface area contributed by atoms with Crippen LogP contribution in [0.25, 0.3) is 5.69 Å². The van der Waals surface area contributed by atoms with Gasteiger partial charge in [-0.2, -0.15) is 0 Å². The van der Waals surface area contributed by atoms with Gasteiger partial charge in [0.25, 0.3) is 5.91 Å². The van der Waals surface area contributed by atoms with E-state index in [0.717, 1.165) is 12.1 Å². The van der Waals surface area contributed by atoms with Crippen molar-refractivity contribution < 1.29 is 9.53 Å². The molecule has 2 aromatic rings. The van der Waals surface area contributed by atoms with Gasteiger partial charge in [0.1, 0.15) is 5.69 Å². The van der Waals surface area contributed by atoms with Crippen molar-refractivity contribution in [2.45, 2.75) is 51.4 Å². The molecule has 6 nitrogen and oxygen atoms in total. The lowest BCUT2D eigenvalue weighted by Gasteiger charge is -2.27. The van der Waals surface area contributed by atoms with Gasteiger partial charge in [-0.15, -0.1) is 0 Å². The number of carbonyl (C=O) groups excluding carboxylic acids is 1. The van der Waals surface area contributed by atoms with Gasteiger partial charge in [0, 0.05) is 18.6 Å². The van der Waals surface area contributed by atoms with Crippen LogP contribution in [0.4, 0.5) is 0 Å². The van der Waals surface area contributed by atoms with Crippen molar-refractivity contribution in [2.24, 2.45) is 0 Å². The fraction of sp³-hybridized carbons (Fsp3) is 0.471. The molecule has 0 spiro atoms. The van der Waals surface area contributed by atoms with E-state index in [1.54, 1.807) is 24.8 Å². The predicted octanol–water partition coefficient (Wildman–Crippen LogP) is 2.34. The van der Waals surface area contributed by atoms with Crippen LogP contribution in [0.1, 0.15) is 44.6 Å². The number of ether oxygens (including phenoxy) is 1. The number of nitrogens with zero attached hydrogens (tertiary/aromatic N) is 3. The lowest BCUT2D eigenvalue weighted by Crippen LogP contribution is -2.46. The molecule has 0 saturated carbocycles. The van der Waals surface area contributed by atoms with Gasteiger partial charge in [-0.3, -0.25) is 9.78 Å². The number of hydrogen-bond donors (Lipinski definition) is 1. The molecule has 0 radical (unpaired) electrons. The Balaban J connectivity index is 1.78. The highest BCUT2D eigenvalue weighted by atomic mass is 16.5. The summed E-state index contributed by atoms with van der Waals surface area (Å²) in [5, 5.41) is 3.06. The van der Waals surface area contributed by atoms with E-state index in [-0.39, 0.29) is 17.6 Å². The minimum absolute atomic E-state index is 0.0521. The monoisotopic (exact) mass is 314 g/mol. The Morgan fingerprint density at radius 3 is 2.74 bits per heavy atom. The smallest absolute Gasteiger partial charge is 0.270 e. The zero-order chi connectivity index (χ0) is 16.7. The van der Waals surface area contributed by atoms with E-state index in [4.69, 9.17) is 4.74 Å². The van der Waals surface area contributed by atoms with Crippen LogP contribution in [-0.2, 0) is 4.74 Å². The van der Waals surface area contributed by atoms with E-state index in [2.05, 4.69) is 15.3 Å². The molecule has 2 aromatic heterocycles. The summed E-state index contributed by atoms with van der Waals surface area (Å²) >= 11 is 0. The van der Waals surface area contributed by atoms with Crippen molar-refractivity contribution in [3.63, 3.8) is 0 Å². The zero-order valence-corrected chi connectivity index (χ0v) is 13.9. The quantitative estimate of drug-likeness (QED) is 0.944. The number of amides is 1. The van der Waals surface area contributed by atoms with Gasteiger partial charge in [-0.25, -0.2) is 4.98 Å². The van der Waals surface area contributed by atoms with Crippen LogP contribution in [0.5, 0.6) is 0 Å². The summed E-state index contributed by atoms with van der Waals surface area (Å²) in [5.74, 6) is -0.189. The highest BCUT2D eigenvalue weighted by Crippen LogP contribution is 2.37. The molecule has 122 valence electrons. The van der Waals surface area contributed by atoms with E-state index < -0.39 is 5.60 Å².